The molecule has 1 rings (SSSR count). The molecule has 0 aromatic carbocycles. The molecule has 5 heteroatoms. The topological polar surface area (TPSA) is 56.3 Å². The van der Waals surface area contributed by atoms with Gasteiger partial charge in [0.05, 0.1) is 5.69 Å². The van der Waals surface area contributed by atoms with Crippen molar-refractivity contribution in [1.82, 2.24) is 14.7 Å². The second kappa shape index (κ2) is 6.49. The van der Waals surface area contributed by atoms with Crippen LogP contribution in [0.3, 0.4) is 0 Å². The van der Waals surface area contributed by atoms with Crippen molar-refractivity contribution in [2.75, 3.05) is 32.0 Å². The molecular formula is C12H24N4O. The van der Waals surface area contributed by atoms with Crippen molar-refractivity contribution in [3.8, 4) is 5.88 Å². The third kappa shape index (κ3) is 3.36. The summed E-state index contributed by atoms with van der Waals surface area (Å²) in [5, 5.41) is 4.32. The summed E-state index contributed by atoms with van der Waals surface area (Å²) in [5.41, 5.74) is 7.56. The van der Waals surface area contributed by atoms with Crippen LogP contribution in [-0.2, 0) is 13.5 Å². The lowest BCUT2D eigenvalue weighted by Gasteiger charge is -2.18. The molecule has 1 aromatic heterocycles. The summed E-state index contributed by atoms with van der Waals surface area (Å²) in [6.07, 6.45) is 0.832. The lowest BCUT2D eigenvalue weighted by molar-refractivity contribution is 0.213. The third-order valence-corrected chi connectivity index (χ3v) is 2.98. The fourth-order valence-electron chi connectivity index (χ4n) is 1.82. The highest BCUT2D eigenvalue weighted by atomic mass is 16.5. The molecule has 0 radical (unpaired) electrons. The van der Waals surface area contributed by atoms with Crippen molar-refractivity contribution in [3.63, 3.8) is 0 Å². The summed E-state index contributed by atoms with van der Waals surface area (Å²) < 4.78 is 7.44. The van der Waals surface area contributed by atoms with Gasteiger partial charge in [0.15, 0.2) is 0 Å². The Morgan fingerprint density at radius 2 is 1.94 bits per heavy atom. The zero-order chi connectivity index (χ0) is 12.8. The Morgan fingerprint density at radius 1 is 1.29 bits per heavy atom. The molecule has 0 saturated carbocycles. The molecule has 0 fully saturated rings. The van der Waals surface area contributed by atoms with Gasteiger partial charge in [-0.25, -0.2) is 4.68 Å². The molecule has 0 bridgehead atoms. The molecule has 0 spiro atoms. The second-order valence-electron chi connectivity index (χ2n) is 4.02. The summed E-state index contributed by atoms with van der Waals surface area (Å²) in [7, 11) is 1.86. The number of hydrogen-bond donors (Lipinski definition) is 1. The van der Waals surface area contributed by atoms with Crippen molar-refractivity contribution in [2.24, 2.45) is 7.05 Å². The van der Waals surface area contributed by atoms with Gasteiger partial charge < -0.3 is 15.4 Å². The van der Waals surface area contributed by atoms with Gasteiger partial charge in [0.2, 0.25) is 5.88 Å². The lowest BCUT2D eigenvalue weighted by atomic mass is 10.3. The number of aromatic nitrogens is 2. The maximum atomic E-state index is 5.97. The first-order chi connectivity index (χ1) is 8.13. The van der Waals surface area contributed by atoms with Crippen molar-refractivity contribution in [2.45, 2.75) is 27.2 Å². The molecule has 1 aromatic rings. The minimum atomic E-state index is 0.647. The molecule has 0 atom stereocenters. The van der Waals surface area contributed by atoms with Gasteiger partial charge in [-0.2, -0.15) is 5.10 Å². The van der Waals surface area contributed by atoms with Crippen LogP contribution in [0.15, 0.2) is 0 Å². The van der Waals surface area contributed by atoms with Crippen molar-refractivity contribution in [3.05, 3.63) is 5.69 Å². The van der Waals surface area contributed by atoms with Crippen molar-refractivity contribution < 1.29 is 4.74 Å². The predicted molar refractivity (Wildman–Crippen MR) is 70.3 cm³/mol. The van der Waals surface area contributed by atoms with E-state index in [-0.39, 0.29) is 0 Å². The summed E-state index contributed by atoms with van der Waals surface area (Å²) >= 11 is 0. The summed E-state index contributed by atoms with van der Waals surface area (Å²) in [5.74, 6) is 0.689. The first kappa shape index (κ1) is 13.8. The first-order valence-electron chi connectivity index (χ1n) is 6.30. The van der Waals surface area contributed by atoms with Crippen LogP contribution in [0.4, 0.5) is 5.69 Å². The molecule has 98 valence electrons. The largest absolute Gasteiger partial charge is 0.475 e. The SMILES string of the molecule is CCc1nn(C)c(OCCN(CC)CC)c1N. The Morgan fingerprint density at radius 3 is 2.41 bits per heavy atom. The number of ether oxygens (including phenoxy) is 1. The molecule has 0 amide bonds. The van der Waals surface area contributed by atoms with E-state index in [1.807, 2.05) is 14.0 Å². The van der Waals surface area contributed by atoms with E-state index in [9.17, 15) is 0 Å². The first-order valence-corrected chi connectivity index (χ1v) is 6.30. The zero-order valence-electron chi connectivity index (χ0n) is 11.4. The maximum absolute atomic E-state index is 5.97. The predicted octanol–water partition coefficient (Wildman–Crippen LogP) is 1.29. The number of aryl methyl sites for hydroxylation is 2. The fraction of sp³-hybridized carbons (Fsp3) is 0.750. The minimum Gasteiger partial charge on any atom is -0.475 e. The van der Waals surface area contributed by atoms with E-state index in [0.29, 0.717) is 18.2 Å². The highest BCUT2D eigenvalue weighted by molar-refractivity contribution is 5.53. The number of nitrogens with zero attached hydrogens (tertiary/aromatic N) is 3. The Labute approximate surface area is 104 Å². The summed E-state index contributed by atoms with van der Waals surface area (Å²) in [6, 6.07) is 0. The smallest absolute Gasteiger partial charge is 0.235 e. The van der Waals surface area contributed by atoms with Gasteiger partial charge in [0.1, 0.15) is 12.3 Å². The van der Waals surface area contributed by atoms with Crippen LogP contribution in [0.1, 0.15) is 26.5 Å². The fourth-order valence-corrected chi connectivity index (χ4v) is 1.82. The van der Waals surface area contributed by atoms with Gasteiger partial charge in [-0.05, 0) is 19.5 Å². The van der Waals surface area contributed by atoms with Gasteiger partial charge >= 0.3 is 0 Å². The Hall–Kier alpha value is -1.23. The van der Waals surface area contributed by atoms with Crippen molar-refractivity contribution in [1.29, 1.82) is 0 Å². The Bertz CT molecular complexity index is 345. The van der Waals surface area contributed by atoms with Crippen LogP contribution in [0.5, 0.6) is 5.88 Å². The van der Waals surface area contributed by atoms with Crippen LogP contribution in [0.2, 0.25) is 0 Å². The number of nitrogen functional groups attached to an aromatic ring is 1. The molecule has 5 nitrogen and oxygen atoms in total. The van der Waals surface area contributed by atoms with E-state index in [1.54, 1.807) is 4.68 Å². The van der Waals surface area contributed by atoms with Gasteiger partial charge in [-0.3, -0.25) is 0 Å². The summed E-state index contributed by atoms with van der Waals surface area (Å²) in [6.45, 7) is 9.99. The number of nitrogens with two attached hydrogens (primary N) is 1. The number of likely N-dealkylation sites (N-methyl/N-ethyl adjacent to an activating group) is 1. The van der Waals surface area contributed by atoms with Gasteiger partial charge in [0.25, 0.3) is 0 Å². The van der Waals surface area contributed by atoms with E-state index in [1.165, 1.54) is 0 Å². The lowest BCUT2D eigenvalue weighted by Crippen LogP contribution is -2.28. The molecule has 2 N–H and O–H groups in total. The quantitative estimate of drug-likeness (QED) is 0.780. The van der Waals surface area contributed by atoms with Crippen LogP contribution >= 0.6 is 0 Å². The van der Waals surface area contributed by atoms with E-state index in [2.05, 4.69) is 23.8 Å². The molecule has 1 heterocycles. The third-order valence-electron chi connectivity index (χ3n) is 2.98. The molecule has 0 aliphatic carbocycles. The van der Waals surface area contributed by atoms with E-state index in [0.717, 1.165) is 31.7 Å². The number of hydrogen-bond acceptors (Lipinski definition) is 4. The van der Waals surface area contributed by atoms with E-state index < -0.39 is 0 Å². The van der Waals surface area contributed by atoms with E-state index in [4.69, 9.17) is 10.5 Å². The highest BCUT2D eigenvalue weighted by Crippen LogP contribution is 2.24. The van der Waals surface area contributed by atoms with Crippen molar-refractivity contribution >= 4 is 5.69 Å². The highest BCUT2D eigenvalue weighted by Gasteiger charge is 2.13. The molecule has 0 saturated heterocycles. The molecule has 17 heavy (non-hydrogen) atoms. The average Bonchev–Trinajstić information content (AvgIpc) is 2.61. The molecular weight excluding hydrogens is 216 g/mol. The zero-order valence-corrected chi connectivity index (χ0v) is 11.4. The Balaban J connectivity index is 2.54. The monoisotopic (exact) mass is 240 g/mol. The number of anilines is 1. The van der Waals surface area contributed by atoms with Gasteiger partial charge in [0, 0.05) is 13.6 Å². The second-order valence-corrected chi connectivity index (χ2v) is 4.02. The van der Waals surface area contributed by atoms with Crippen LogP contribution in [0.25, 0.3) is 0 Å². The number of rotatable bonds is 7. The minimum absolute atomic E-state index is 0.647. The van der Waals surface area contributed by atoms with Crippen LogP contribution in [-0.4, -0.2) is 40.9 Å². The normalized spacial score (nSPS) is 11.1. The van der Waals surface area contributed by atoms with E-state index >= 15 is 0 Å². The molecule has 0 unspecified atom stereocenters. The van der Waals surface area contributed by atoms with Crippen LogP contribution in [0, 0.1) is 0 Å². The van der Waals surface area contributed by atoms with Gasteiger partial charge in [-0.15, -0.1) is 0 Å². The Kier molecular flexibility index (Phi) is 5.28. The van der Waals surface area contributed by atoms with Crippen LogP contribution < -0.4 is 10.5 Å². The molecule has 0 aliphatic rings. The average molecular weight is 240 g/mol. The van der Waals surface area contributed by atoms with Gasteiger partial charge in [-0.1, -0.05) is 20.8 Å². The standard InChI is InChI=1S/C12H24N4O/c1-5-10-11(13)12(15(4)14-10)17-9-8-16(6-2)7-3/h5-9,13H2,1-4H3. The summed E-state index contributed by atoms with van der Waals surface area (Å²) in [4.78, 5) is 2.31. The maximum Gasteiger partial charge on any atom is 0.235 e. The molecule has 0 aliphatic heterocycles.